The van der Waals surface area contributed by atoms with Crippen molar-refractivity contribution >= 4 is 27.7 Å². The highest BCUT2D eigenvalue weighted by atomic mass is 32.2. The van der Waals surface area contributed by atoms with Crippen molar-refractivity contribution in [3.8, 4) is 17.1 Å². The van der Waals surface area contributed by atoms with Crippen LogP contribution in [-0.4, -0.2) is 64.9 Å². The highest BCUT2D eigenvalue weighted by Gasteiger charge is 2.52. The van der Waals surface area contributed by atoms with E-state index in [4.69, 9.17) is 9.72 Å². The van der Waals surface area contributed by atoms with Gasteiger partial charge in [0.2, 0.25) is 11.8 Å². The number of nitrogens with zero attached hydrogens (tertiary/aromatic N) is 6. The summed E-state index contributed by atoms with van der Waals surface area (Å²) < 4.78 is 36.6. The van der Waals surface area contributed by atoms with Gasteiger partial charge in [0, 0.05) is 30.3 Å². The highest BCUT2D eigenvalue weighted by molar-refractivity contribution is 7.92. The second-order valence-electron chi connectivity index (χ2n) is 14.7. The van der Waals surface area contributed by atoms with E-state index in [0.717, 1.165) is 48.2 Å². The number of carbonyl (C=O) groups excluding carboxylic acids is 1. The standard InChI is InChI=1S/C38H43N7O4S/c1-24-8-4-9-25(2)35(24)31-17-34-42-37(41-31)43-50(47,48)30-13-5-10-26(16-30)36(46)45(32(23-49-34)27-18-38(19-27)14-7-15-38)22-28-20-39-21-33(40-28)44(3)29-11-6-12-29/h4-5,8-10,13,16-17,20-21,27,29,32H,6-7,11-12,14-15,18-19,22-23H2,1-3H3,(H,41,42,43). The molecule has 4 aromatic rings. The number of aromatic nitrogens is 4. The van der Waals surface area contributed by atoms with Crippen molar-refractivity contribution in [3.63, 3.8) is 0 Å². The third-order valence-electron chi connectivity index (χ3n) is 11.5. The SMILES string of the molecule is Cc1cccc(C)c1-c1cc2nc(n1)NS(=O)(=O)c1cccc(c1)C(=O)N(Cc1cncc(N(C)C3CCC3)n1)C(C1CC3(CCC3)C1)CO2. The summed E-state index contributed by atoms with van der Waals surface area (Å²) in [6.07, 6.45) is 12.7. The number of rotatable bonds is 6. The molecule has 8 rings (SSSR count). The number of fused-ring (bicyclic) bond motifs is 4. The third kappa shape index (κ3) is 6.07. The Morgan fingerprint density at radius 3 is 2.44 bits per heavy atom. The van der Waals surface area contributed by atoms with E-state index in [-0.39, 0.29) is 53.3 Å². The van der Waals surface area contributed by atoms with Gasteiger partial charge in [0.1, 0.15) is 12.4 Å². The van der Waals surface area contributed by atoms with Crippen LogP contribution in [0.4, 0.5) is 11.8 Å². The Kier molecular flexibility index (Phi) is 8.24. The second-order valence-corrected chi connectivity index (χ2v) is 16.4. The number of aryl methyl sites for hydroxylation is 2. The number of hydrogen-bond acceptors (Lipinski definition) is 9. The molecule has 1 aliphatic heterocycles. The van der Waals surface area contributed by atoms with Crippen LogP contribution < -0.4 is 14.4 Å². The molecular weight excluding hydrogens is 651 g/mol. The molecule has 260 valence electrons. The molecule has 4 bridgehead atoms. The maximum Gasteiger partial charge on any atom is 0.264 e. The highest BCUT2D eigenvalue weighted by Crippen LogP contribution is 2.60. The van der Waals surface area contributed by atoms with Crippen molar-refractivity contribution in [2.45, 2.75) is 88.7 Å². The lowest BCUT2D eigenvalue weighted by Crippen LogP contribution is -2.55. The molecule has 3 heterocycles. The number of benzene rings is 2. The molecule has 1 N–H and O–H groups in total. The van der Waals surface area contributed by atoms with Crippen LogP contribution in [0.15, 0.2) is 65.8 Å². The van der Waals surface area contributed by atoms with Crippen LogP contribution in [0.2, 0.25) is 0 Å². The Morgan fingerprint density at radius 1 is 0.980 bits per heavy atom. The molecule has 3 saturated carbocycles. The van der Waals surface area contributed by atoms with Gasteiger partial charge >= 0.3 is 0 Å². The molecule has 1 spiro atoms. The predicted molar refractivity (Wildman–Crippen MR) is 190 cm³/mol. The fraction of sp³-hybridized carbons (Fsp3) is 0.447. The third-order valence-corrected chi connectivity index (χ3v) is 12.8. The summed E-state index contributed by atoms with van der Waals surface area (Å²) in [6, 6.07) is 14.0. The molecule has 0 saturated heterocycles. The smallest absolute Gasteiger partial charge is 0.264 e. The van der Waals surface area contributed by atoms with Crippen molar-refractivity contribution in [3.05, 3.63) is 83.3 Å². The Balaban J connectivity index is 1.22. The fourth-order valence-corrected chi connectivity index (χ4v) is 9.20. The average molecular weight is 694 g/mol. The number of amides is 1. The van der Waals surface area contributed by atoms with Gasteiger partial charge in [-0.15, -0.1) is 0 Å². The number of nitrogens with one attached hydrogen (secondary N) is 1. The van der Waals surface area contributed by atoms with Crippen LogP contribution in [0, 0.1) is 25.2 Å². The summed E-state index contributed by atoms with van der Waals surface area (Å²) in [7, 11) is -2.11. The molecule has 3 fully saturated rings. The maximum atomic E-state index is 14.7. The van der Waals surface area contributed by atoms with Gasteiger partial charge < -0.3 is 14.5 Å². The lowest BCUT2D eigenvalue weighted by Gasteiger charge is -2.57. The van der Waals surface area contributed by atoms with E-state index in [9.17, 15) is 13.2 Å². The molecule has 12 heteroatoms. The fourth-order valence-electron chi connectivity index (χ4n) is 8.21. The van der Waals surface area contributed by atoms with E-state index in [2.05, 4.69) is 24.6 Å². The van der Waals surface area contributed by atoms with Gasteiger partial charge in [0.25, 0.3) is 15.9 Å². The molecule has 11 nitrogen and oxygen atoms in total. The number of carbonyl (C=O) groups is 1. The summed E-state index contributed by atoms with van der Waals surface area (Å²) in [5.74, 6) is 0.840. The zero-order valence-electron chi connectivity index (χ0n) is 28.8. The quantitative estimate of drug-likeness (QED) is 0.246. The summed E-state index contributed by atoms with van der Waals surface area (Å²) in [5, 5.41) is 0. The zero-order valence-corrected chi connectivity index (χ0v) is 29.6. The largest absolute Gasteiger partial charge is 0.475 e. The van der Waals surface area contributed by atoms with Gasteiger partial charge in [-0.05, 0) is 99.5 Å². The van der Waals surface area contributed by atoms with Gasteiger partial charge in [-0.25, -0.2) is 23.1 Å². The first-order chi connectivity index (χ1) is 24.1. The molecule has 1 amide bonds. The van der Waals surface area contributed by atoms with Gasteiger partial charge in [0.05, 0.1) is 41.3 Å². The van der Waals surface area contributed by atoms with Crippen molar-refractivity contribution < 1.29 is 17.9 Å². The molecule has 50 heavy (non-hydrogen) atoms. The molecule has 1 unspecified atom stereocenters. The van der Waals surface area contributed by atoms with Gasteiger partial charge in [-0.3, -0.25) is 9.78 Å². The number of ether oxygens (including phenoxy) is 1. The van der Waals surface area contributed by atoms with Crippen LogP contribution in [0.1, 0.15) is 78.5 Å². The first-order valence-electron chi connectivity index (χ1n) is 17.6. The van der Waals surface area contributed by atoms with Crippen molar-refractivity contribution in [1.82, 2.24) is 24.8 Å². The van der Waals surface area contributed by atoms with Gasteiger partial charge in [-0.1, -0.05) is 30.7 Å². The number of hydrogen-bond donors (Lipinski definition) is 1. The van der Waals surface area contributed by atoms with Crippen LogP contribution in [0.25, 0.3) is 11.3 Å². The van der Waals surface area contributed by atoms with Crippen LogP contribution in [-0.2, 0) is 16.6 Å². The van der Waals surface area contributed by atoms with Gasteiger partial charge in [0.15, 0.2) is 0 Å². The summed E-state index contributed by atoms with van der Waals surface area (Å²) in [5.41, 5.74) is 4.72. The Morgan fingerprint density at radius 2 is 1.74 bits per heavy atom. The molecule has 2 aromatic carbocycles. The Labute approximate surface area is 293 Å². The topological polar surface area (TPSA) is 131 Å². The lowest BCUT2D eigenvalue weighted by molar-refractivity contribution is -0.0685. The van der Waals surface area contributed by atoms with E-state index < -0.39 is 10.0 Å². The Hall–Kier alpha value is -4.58. The van der Waals surface area contributed by atoms with Gasteiger partial charge in [-0.2, -0.15) is 4.98 Å². The van der Waals surface area contributed by atoms with E-state index >= 15 is 0 Å². The lowest BCUT2D eigenvalue weighted by atomic mass is 9.50. The van der Waals surface area contributed by atoms with Crippen LogP contribution in [0.5, 0.6) is 5.88 Å². The van der Waals surface area contributed by atoms with E-state index in [1.165, 1.54) is 37.8 Å². The van der Waals surface area contributed by atoms with Crippen molar-refractivity contribution in [2.24, 2.45) is 11.3 Å². The Bertz CT molecular complexity index is 2040. The van der Waals surface area contributed by atoms with Crippen molar-refractivity contribution in [1.29, 1.82) is 0 Å². The van der Waals surface area contributed by atoms with E-state index in [1.54, 1.807) is 30.6 Å². The van der Waals surface area contributed by atoms with Crippen molar-refractivity contribution in [2.75, 3.05) is 23.3 Å². The molecule has 1 atom stereocenters. The minimum atomic E-state index is -4.16. The average Bonchev–Trinajstić information content (AvgIpc) is 3.02. The maximum absolute atomic E-state index is 14.7. The normalized spacial score (nSPS) is 21.3. The number of sulfonamides is 1. The monoisotopic (exact) mass is 693 g/mol. The minimum absolute atomic E-state index is 0.0522. The second kappa shape index (κ2) is 12.6. The minimum Gasteiger partial charge on any atom is -0.475 e. The first kappa shape index (κ1) is 32.6. The van der Waals surface area contributed by atoms with Crippen LogP contribution in [0.3, 0.4) is 0 Å². The van der Waals surface area contributed by atoms with E-state index in [1.807, 2.05) is 44.0 Å². The summed E-state index contributed by atoms with van der Waals surface area (Å²) in [6.45, 7) is 4.37. The predicted octanol–water partition coefficient (Wildman–Crippen LogP) is 6.32. The first-order valence-corrected chi connectivity index (χ1v) is 19.1. The van der Waals surface area contributed by atoms with Crippen LogP contribution >= 0.6 is 0 Å². The zero-order chi connectivity index (χ0) is 34.6. The summed E-state index contributed by atoms with van der Waals surface area (Å²) >= 11 is 0. The number of anilines is 2. The molecule has 4 aliphatic rings. The molecule has 0 radical (unpaired) electrons. The molecule has 2 aromatic heterocycles. The molecular formula is C38H43N7O4S. The summed E-state index contributed by atoms with van der Waals surface area (Å²) in [4.78, 5) is 37.4. The van der Waals surface area contributed by atoms with E-state index in [0.29, 0.717) is 22.8 Å². The molecule has 3 aliphatic carbocycles.